The molecule has 62 valence electrons. The van der Waals surface area contributed by atoms with Gasteiger partial charge in [-0.05, 0) is 11.2 Å². The van der Waals surface area contributed by atoms with Crippen LogP contribution in [0, 0.1) is 10.7 Å². The molecule has 0 spiro atoms. The van der Waals surface area contributed by atoms with E-state index < -0.39 is 11.6 Å². The van der Waals surface area contributed by atoms with Gasteiger partial charge in [-0.2, -0.15) is 0 Å². The Balaban J connectivity index is 3.36. The second-order valence-electron chi connectivity index (χ2n) is 2.07. The lowest BCUT2D eigenvalue weighted by Gasteiger charge is -1.97. The molecule has 0 fully saturated rings. The fraction of sp³-hybridized carbons (Fsp3) is 0. The Kier molecular flexibility index (Phi) is 2.14. The van der Waals surface area contributed by atoms with Gasteiger partial charge in [-0.25, -0.2) is 4.39 Å². The van der Waals surface area contributed by atoms with Crippen LogP contribution in [0.1, 0.15) is 10.4 Å². The third-order valence-electron chi connectivity index (χ3n) is 1.32. The molecule has 1 aromatic carbocycles. The maximum atomic E-state index is 12.6. The summed E-state index contributed by atoms with van der Waals surface area (Å²) in [5.41, 5.74) is -0.652. The molecule has 0 bridgehead atoms. The molecular weight excluding hydrogens is 165 g/mol. The molecule has 0 aliphatic carbocycles. The van der Waals surface area contributed by atoms with E-state index in [2.05, 4.69) is 5.18 Å². The number of carbonyl (C=O) groups is 1. The maximum absolute atomic E-state index is 12.6. The van der Waals surface area contributed by atoms with E-state index in [1.54, 1.807) is 0 Å². The number of hydrogen-bond acceptors (Lipinski definition) is 4. The average Bonchev–Trinajstić information content (AvgIpc) is 2.05. The van der Waals surface area contributed by atoms with Crippen molar-refractivity contribution in [3.63, 3.8) is 0 Å². The van der Waals surface area contributed by atoms with E-state index in [0.29, 0.717) is 6.07 Å². The second-order valence-corrected chi connectivity index (χ2v) is 2.07. The SMILES string of the molecule is O=Cc1cc(N=O)c(O)cc1F. The normalized spacial score (nSPS) is 9.42. The number of aromatic hydroxyl groups is 1. The molecule has 0 heterocycles. The van der Waals surface area contributed by atoms with Gasteiger partial charge in [0.05, 0.1) is 5.56 Å². The van der Waals surface area contributed by atoms with E-state index in [9.17, 15) is 14.1 Å². The lowest BCUT2D eigenvalue weighted by atomic mass is 10.2. The van der Waals surface area contributed by atoms with Gasteiger partial charge in [0.1, 0.15) is 11.6 Å². The highest BCUT2D eigenvalue weighted by Gasteiger charge is 2.08. The largest absolute Gasteiger partial charge is 0.505 e. The number of hydrogen-bond donors (Lipinski definition) is 1. The first-order valence-electron chi connectivity index (χ1n) is 3.00. The van der Waals surface area contributed by atoms with Crippen LogP contribution in [0.4, 0.5) is 10.1 Å². The quantitative estimate of drug-likeness (QED) is 0.541. The molecule has 0 atom stereocenters. The monoisotopic (exact) mass is 169 g/mol. The Bertz CT molecular complexity index is 308. The molecule has 0 unspecified atom stereocenters. The van der Waals surface area contributed by atoms with Crippen LogP contribution in [-0.4, -0.2) is 11.4 Å². The van der Waals surface area contributed by atoms with Gasteiger partial charge < -0.3 is 5.11 Å². The smallest absolute Gasteiger partial charge is 0.153 e. The Labute approximate surface area is 66.6 Å². The number of benzene rings is 1. The summed E-state index contributed by atoms with van der Waals surface area (Å²) in [6.07, 6.45) is 0.240. The molecule has 1 aromatic rings. The van der Waals surface area contributed by atoms with Crippen LogP contribution in [0.3, 0.4) is 0 Å². The Morgan fingerprint density at radius 1 is 1.50 bits per heavy atom. The summed E-state index contributed by atoms with van der Waals surface area (Å²) >= 11 is 0. The number of phenolic OH excluding ortho intramolecular Hbond substituents is 1. The first-order chi connectivity index (χ1) is 5.69. The zero-order valence-corrected chi connectivity index (χ0v) is 5.82. The zero-order chi connectivity index (χ0) is 9.14. The summed E-state index contributed by atoms with van der Waals surface area (Å²) in [6.45, 7) is 0. The predicted octanol–water partition coefficient (Wildman–Crippen LogP) is 1.74. The highest BCUT2D eigenvalue weighted by atomic mass is 19.1. The lowest BCUT2D eigenvalue weighted by molar-refractivity contribution is 0.112. The van der Waals surface area contributed by atoms with Gasteiger partial charge in [-0.1, -0.05) is 0 Å². The standard InChI is InChI=1S/C7H4FNO3/c8-5-2-7(11)6(9-12)1-4(5)3-10/h1-3,11H. The fourth-order valence-electron chi connectivity index (χ4n) is 0.731. The minimum atomic E-state index is -0.880. The minimum Gasteiger partial charge on any atom is -0.505 e. The van der Waals surface area contributed by atoms with Crippen molar-refractivity contribution in [1.82, 2.24) is 0 Å². The number of nitrogens with zero attached hydrogens (tertiary/aromatic N) is 1. The molecule has 0 radical (unpaired) electrons. The number of rotatable bonds is 2. The van der Waals surface area contributed by atoms with E-state index in [1.165, 1.54) is 0 Å². The highest BCUT2D eigenvalue weighted by Crippen LogP contribution is 2.28. The molecule has 1 N–H and O–H groups in total. The number of nitroso groups, excluding NO2 is 1. The van der Waals surface area contributed by atoms with Crippen LogP contribution >= 0.6 is 0 Å². The molecule has 0 aliphatic rings. The van der Waals surface area contributed by atoms with E-state index in [4.69, 9.17) is 5.11 Å². The van der Waals surface area contributed by atoms with Crippen molar-refractivity contribution in [1.29, 1.82) is 0 Å². The van der Waals surface area contributed by atoms with Gasteiger partial charge >= 0.3 is 0 Å². The number of phenols is 1. The lowest BCUT2D eigenvalue weighted by Crippen LogP contribution is -1.86. The molecule has 0 amide bonds. The molecule has 12 heavy (non-hydrogen) atoms. The summed E-state index contributed by atoms with van der Waals surface area (Å²) in [5.74, 6) is -1.46. The fourth-order valence-corrected chi connectivity index (χ4v) is 0.731. The van der Waals surface area contributed by atoms with Crippen LogP contribution in [0.5, 0.6) is 5.75 Å². The summed E-state index contributed by atoms with van der Waals surface area (Å²) < 4.78 is 12.6. The molecule has 0 saturated carbocycles. The molecular formula is C7H4FNO3. The average molecular weight is 169 g/mol. The third kappa shape index (κ3) is 1.29. The van der Waals surface area contributed by atoms with Crippen LogP contribution in [0.25, 0.3) is 0 Å². The van der Waals surface area contributed by atoms with Crippen molar-refractivity contribution >= 4 is 12.0 Å². The van der Waals surface area contributed by atoms with Crippen LogP contribution in [0.2, 0.25) is 0 Å². The van der Waals surface area contributed by atoms with Crippen molar-refractivity contribution < 1.29 is 14.3 Å². The maximum Gasteiger partial charge on any atom is 0.153 e. The van der Waals surface area contributed by atoms with Crippen molar-refractivity contribution in [2.45, 2.75) is 0 Å². The van der Waals surface area contributed by atoms with Crippen LogP contribution in [-0.2, 0) is 0 Å². The van der Waals surface area contributed by atoms with Crippen LogP contribution < -0.4 is 0 Å². The first kappa shape index (κ1) is 8.32. The summed E-state index contributed by atoms with van der Waals surface area (Å²) in [7, 11) is 0. The van der Waals surface area contributed by atoms with Crippen molar-refractivity contribution in [2.24, 2.45) is 5.18 Å². The van der Waals surface area contributed by atoms with E-state index in [0.717, 1.165) is 6.07 Å². The van der Waals surface area contributed by atoms with Gasteiger partial charge in [-0.3, -0.25) is 4.79 Å². The topological polar surface area (TPSA) is 66.7 Å². The van der Waals surface area contributed by atoms with E-state index in [1.807, 2.05) is 0 Å². The van der Waals surface area contributed by atoms with Gasteiger partial charge in [0.2, 0.25) is 0 Å². The molecule has 5 heteroatoms. The van der Waals surface area contributed by atoms with E-state index >= 15 is 0 Å². The molecule has 1 rings (SSSR count). The van der Waals surface area contributed by atoms with Crippen LogP contribution in [0.15, 0.2) is 17.3 Å². The highest BCUT2D eigenvalue weighted by molar-refractivity contribution is 5.78. The molecule has 0 aliphatic heterocycles. The summed E-state index contributed by atoms with van der Waals surface area (Å²) in [5, 5.41) is 11.3. The zero-order valence-electron chi connectivity index (χ0n) is 5.82. The van der Waals surface area contributed by atoms with Crippen molar-refractivity contribution in [3.05, 3.63) is 28.4 Å². The molecule has 0 aromatic heterocycles. The Hall–Kier alpha value is -1.78. The summed E-state index contributed by atoms with van der Waals surface area (Å²) in [6, 6.07) is 1.55. The molecule has 4 nitrogen and oxygen atoms in total. The molecule has 0 saturated heterocycles. The number of carbonyl (C=O) groups excluding carboxylic acids is 1. The Morgan fingerprint density at radius 3 is 2.67 bits per heavy atom. The van der Waals surface area contributed by atoms with Gasteiger partial charge in [0, 0.05) is 6.07 Å². The Morgan fingerprint density at radius 2 is 2.17 bits per heavy atom. The number of halogens is 1. The predicted molar refractivity (Wildman–Crippen MR) is 38.9 cm³/mol. The minimum absolute atomic E-state index is 0.240. The van der Waals surface area contributed by atoms with Gasteiger partial charge in [0.25, 0.3) is 0 Å². The van der Waals surface area contributed by atoms with Crippen molar-refractivity contribution in [3.8, 4) is 5.75 Å². The third-order valence-corrected chi connectivity index (χ3v) is 1.32. The number of aldehydes is 1. The first-order valence-corrected chi connectivity index (χ1v) is 3.00. The summed E-state index contributed by atoms with van der Waals surface area (Å²) in [4.78, 5) is 20.1. The van der Waals surface area contributed by atoms with Gasteiger partial charge in [-0.15, -0.1) is 4.91 Å². The van der Waals surface area contributed by atoms with E-state index in [-0.39, 0.29) is 17.5 Å². The van der Waals surface area contributed by atoms with Crippen molar-refractivity contribution in [2.75, 3.05) is 0 Å². The van der Waals surface area contributed by atoms with Gasteiger partial charge in [0.15, 0.2) is 12.0 Å². The second kappa shape index (κ2) is 3.08.